The second-order valence-corrected chi connectivity index (χ2v) is 8.62. The average Bonchev–Trinajstić information content (AvgIpc) is 3.12. The minimum atomic E-state index is -3.85. The summed E-state index contributed by atoms with van der Waals surface area (Å²) < 4.78 is 54.3. The van der Waals surface area contributed by atoms with E-state index in [9.17, 15) is 17.2 Å². The quantitative estimate of drug-likeness (QED) is 0.890. The maximum atomic E-state index is 12.9. The second-order valence-electron chi connectivity index (χ2n) is 6.97. The number of nitrogens with one attached hydrogen (secondary N) is 1. The standard InChI is InChI=1S/C15H23F2N3O2S/c1-8(13-7-11-4-5-12(13)6-11)19-23(21,22)14-9(2)18-20(10(14)3)15(16)17/h8,11-13,15,19H,4-7H2,1-3H3. The van der Waals surface area contributed by atoms with Gasteiger partial charge in [0.2, 0.25) is 10.0 Å². The van der Waals surface area contributed by atoms with E-state index in [1.165, 1.54) is 33.1 Å². The molecule has 0 aromatic carbocycles. The summed E-state index contributed by atoms with van der Waals surface area (Å²) in [5.74, 6) is 1.65. The molecular formula is C15H23F2N3O2S. The lowest BCUT2D eigenvalue weighted by atomic mass is 9.84. The van der Waals surface area contributed by atoms with Gasteiger partial charge in [0, 0.05) is 6.04 Å². The van der Waals surface area contributed by atoms with Gasteiger partial charge in [0.15, 0.2) is 0 Å². The zero-order chi connectivity index (χ0) is 16.9. The topological polar surface area (TPSA) is 64.0 Å². The van der Waals surface area contributed by atoms with Crippen molar-refractivity contribution in [1.29, 1.82) is 0 Å². The Morgan fingerprint density at radius 3 is 2.43 bits per heavy atom. The molecule has 0 amide bonds. The Balaban J connectivity index is 1.82. The summed E-state index contributed by atoms with van der Waals surface area (Å²) in [6.45, 7) is 1.84. The maximum absolute atomic E-state index is 12.9. The highest BCUT2D eigenvalue weighted by Gasteiger charge is 2.43. The summed E-state index contributed by atoms with van der Waals surface area (Å²) in [5.41, 5.74) is 0.0839. The summed E-state index contributed by atoms with van der Waals surface area (Å²) >= 11 is 0. The summed E-state index contributed by atoms with van der Waals surface area (Å²) in [5, 5.41) is 3.67. The van der Waals surface area contributed by atoms with E-state index in [2.05, 4.69) is 9.82 Å². The summed E-state index contributed by atoms with van der Waals surface area (Å²) in [4.78, 5) is -0.118. The highest BCUT2D eigenvalue weighted by Crippen LogP contribution is 2.49. The third-order valence-electron chi connectivity index (χ3n) is 5.49. The molecule has 4 atom stereocenters. The van der Waals surface area contributed by atoms with Gasteiger partial charge in [-0.05, 0) is 57.8 Å². The van der Waals surface area contributed by atoms with Gasteiger partial charge in [-0.15, -0.1) is 0 Å². The molecule has 0 spiro atoms. The predicted molar refractivity (Wildman–Crippen MR) is 81.7 cm³/mol. The Kier molecular flexibility index (Phi) is 4.25. The van der Waals surface area contributed by atoms with Gasteiger partial charge in [0.25, 0.3) is 0 Å². The molecule has 1 aromatic heterocycles. The van der Waals surface area contributed by atoms with Gasteiger partial charge in [0.1, 0.15) is 4.90 Å². The predicted octanol–water partition coefficient (Wildman–Crippen LogP) is 3.00. The molecule has 130 valence electrons. The number of nitrogens with zero attached hydrogens (tertiary/aromatic N) is 2. The molecule has 4 unspecified atom stereocenters. The number of sulfonamides is 1. The molecule has 0 radical (unpaired) electrons. The normalized spacial score (nSPS) is 28.7. The van der Waals surface area contributed by atoms with Crippen molar-refractivity contribution < 1.29 is 17.2 Å². The van der Waals surface area contributed by atoms with E-state index >= 15 is 0 Å². The fraction of sp³-hybridized carbons (Fsp3) is 0.800. The van der Waals surface area contributed by atoms with Crippen LogP contribution in [-0.4, -0.2) is 24.2 Å². The molecular weight excluding hydrogens is 324 g/mol. The number of alkyl halides is 2. The van der Waals surface area contributed by atoms with Crippen molar-refractivity contribution >= 4 is 10.0 Å². The van der Waals surface area contributed by atoms with E-state index in [4.69, 9.17) is 0 Å². The first-order chi connectivity index (χ1) is 10.7. The van der Waals surface area contributed by atoms with E-state index in [-0.39, 0.29) is 22.3 Å². The van der Waals surface area contributed by atoms with Crippen molar-refractivity contribution in [3.05, 3.63) is 11.4 Å². The Morgan fingerprint density at radius 1 is 1.26 bits per heavy atom. The molecule has 2 fully saturated rings. The third kappa shape index (κ3) is 2.91. The van der Waals surface area contributed by atoms with E-state index in [0.29, 0.717) is 16.5 Å². The molecule has 8 heteroatoms. The van der Waals surface area contributed by atoms with Crippen LogP contribution in [0, 0.1) is 31.6 Å². The number of fused-ring (bicyclic) bond motifs is 2. The van der Waals surface area contributed by atoms with Crippen molar-refractivity contribution in [2.45, 2.75) is 63.9 Å². The monoisotopic (exact) mass is 347 g/mol. The van der Waals surface area contributed by atoms with Crippen LogP contribution < -0.4 is 4.72 Å². The summed E-state index contributed by atoms with van der Waals surface area (Å²) in [6, 6.07) is -0.191. The number of aromatic nitrogens is 2. The average molecular weight is 347 g/mol. The van der Waals surface area contributed by atoms with Crippen LogP contribution in [0.15, 0.2) is 4.90 Å². The van der Waals surface area contributed by atoms with Gasteiger partial charge < -0.3 is 0 Å². The molecule has 3 rings (SSSR count). The van der Waals surface area contributed by atoms with Crippen LogP contribution >= 0.6 is 0 Å². The molecule has 23 heavy (non-hydrogen) atoms. The van der Waals surface area contributed by atoms with Crippen LogP contribution in [0.1, 0.15) is 50.5 Å². The van der Waals surface area contributed by atoms with Crippen LogP contribution in [0.5, 0.6) is 0 Å². The molecule has 1 N–H and O–H groups in total. The number of hydrogen-bond donors (Lipinski definition) is 1. The smallest absolute Gasteiger partial charge is 0.208 e. The van der Waals surface area contributed by atoms with Gasteiger partial charge in [-0.1, -0.05) is 6.42 Å². The highest BCUT2D eigenvalue weighted by molar-refractivity contribution is 7.89. The van der Waals surface area contributed by atoms with E-state index in [0.717, 1.165) is 12.3 Å². The SMILES string of the molecule is Cc1nn(C(F)F)c(C)c1S(=O)(=O)NC(C)C1CC2CCC1C2. The Hall–Kier alpha value is -1.02. The van der Waals surface area contributed by atoms with Gasteiger partial charge in [-0.3, -0.25) is 0 Å². The lowest BCUT2D eigenvalue weighted by molar-refractivity contribution is 0.0538. The first-order valence-corrected chi connectivity index (χ1v) is 9.55. The summed E-state index contributed by atoms with van der Waals surface area (Å²) in [6.07, 6.45) is 4.67. The number of rotatable bonds is 5. The fourth-order valence-electron chi connectivity index (χ4n) is 4.52. The summed E-state index contributed by atoms with van der Waals surface area (Å²) in [7, 11) is -3.85. The van der Waals surface area contributed by atoms with E-state index in [1.54, 1.807) is 0 Å². The van der Waals surface area contributed by atoms with E-state index in [1.807, 2.05) is 6.92 Å². The largest absolute Gasteiger partial charge is 0.333 e. The fourth-order valence-corrected chi connectivity index (χ4v) is 6.22. The molecule has 1 heterocycles. The number of aryl methyl sites for hydroxylation is 1. The Labute approximate surface area is 135 Å². The van der Waals surface area contributed by atoms with Crippen LogP contribution in [-0.2, 0) is 10.0 Å². The Morgan fingerprint density at radius 2 is 1.96 bits per heavy atom. The van der Waals surface area contributed by atoms with Gasteiger partial charge in [0.05, 0.1) is 11.4 Å². The zero-order valence-corrected chi connectivity index (χ0v) is 14.4. The van der Waals surface area contributed by atoms with Crippen LogP contribution in [0.3, 0.4) is 0 Å². The van der Waals surface area contributed by atoms with Crippen molar-refractivity contribution in [2.24, 2.45) is 17.8 Å². The van der Waals surface area contributed by atoms with Gasteiger partial charge in [-0.25, -0.2) is 17.8 Å². The molecule has 2 bridgehead atoms. The van der Waals surface area contributed by atoms with Gasteiger partial charge >= 0.3 is 6.55 Å². The molecule has 2 aliphatic carbocycles. The second kappa shape index (κ2) is 5.81. The minimum Gasteiger partial charge on any atom is -0.208 e. The van der Waals surface area contributed by atoms with Crippen LogP contribution in [0.25, 0.3) is 0 Å². The van der Waals surface area contributed by atoms with Crippen molar-refractivity contribution in [1.82, 2.24) is 14.5 Å². The van der Waals surface area contributed by atoms with Gasteiger partial charge in [-0.2, -0.15) is 13.9 Å². The molecule has 2 aliphatic rings. The molecule has 2 saturated carbocycles. The zero-order valence-electron chi connectivity index (χ0n) is 13.6. The maximum Gasteiger partial charge on any atom is 0.333 e. The molecule has 5 nitrogen and oxygen atoms in total. The first-order valence-electron chi connectivity index (χ1n) is 8.07. The van der Waals surface area contributed by atoms with Crippen LogP contribution in [0.4, 0.5) is 8.78 Å². The third-order valence-corrected chi connectivity index (χ3v) is 7.30. The molecule has 1 aromatic rings. The lowest BCUT2D eigenvalue weighted by Gasteiger charge is -2.28. The van der Waals surface area contributed by atoms with Crippen molar-refractivity contribution in [2.75, 3.05) is 0 Å². The number of halogens is 2. The Bertz CT molecular complexity index is 702. The first kappa shape index (κ1) is 16.8. The highest BCUT2D eigenvalue weighted by atomic mass is 32.2. The van der Waals surface area contributed by atoms with E-state index < -0.39 is 16.6 Å². The lowest BCUT2D eigenvalue weighted by Crippen LogP contribution is -2.40. The van der Waals surface area contributed by atoms with Crippen molar-refractivity contribution in [3.8, 4) is 0 Å². The molecule has 0 saturated heterocycles. The number of hydrogen-bond acceptors (Lipinski definition) is 3. The molecule has 0 aliphatic heterocycles. The minimum absolute atomic E-state index is 0.0230. The van der Waals surface area contributed by atoms with Crippen molar-refractivity contribution in [3.63, 3.8) is 0 Å². The van der Waals surface area contributed by atoms with Crippen LogP contribution in [0.2, 0.25) is 0 Å².